The average Bonchev–Trinajstić information content (AvgIpc) is 3.01. The van der Waals surface area contributed by atoms with E-state index in [-0.39, 0.29) is 5.91 Å². The van der Waals surface area contributed by atoms with Crippen molar-refractivity contribution in [3.05, 3.63) is 34.3 Å². The van der Waals surface area contributed by atoms with Gasteiger partial charge >= 0.3 is 0 Å². The number of carbonyl (C=O) groups excluding carboxylic acids is 2. The van der Waals surface area contributed by atoms with E-state index in [0.29, 0.717) is 31.1 Å². The molecule has 4 N–H and O–H groups in total. The molecule has 2 amide bonds. The highest BCUT2D eigenvalue weighted by molar-refractivity contribution is 6.30. The van der Waals surface area contributed by atoms with Crippen LogP contribution in [0.15, 0.2) is 18.2 Å². The Morgan fingerprint density at radius 3 is 2.52 bits per heavy atom. The first kappa shape index (κ1) is 23.4. The van der Waals surface area contributed by atoms with E-state index in [1.165, 1.54) is 4.90 Å². The van der Waals surface area contributed by atoms with Gasteiger partial charge in [-0.2, -0.15) is 0 Å². The van der Waals surface area contributed by atoms with Crippen molar-refractivity contribution < 1.29 is 14.7 Å². The molecule has 1 aromatic carbocycles. The molecule has 0 aliphatic carbocycles. The van der Waals surface area contributed by atoms with Crippen LogP contribution in [0.4, 0.5) is 0 Å². The Bertz CT molecular complexity index is 649. The quantitative estimate of drug-likeness (QED) is 0.711. The minimum Gasteiger partial charge on any atom is -0.387 e. The maximum absolute atomic E-state index is 12.6. The fourth-order valence-corrected chi connectivity index (χ4v) is 3.20. The van der Waals surface area contributed by atoms with Gasteiger partial charge in [0.25, 0.3) is 0 Å². The molecule has 0 aromatic heterocycles. The van der Waals surface area contributed by atoms with Crippen LogP contribution in [0, 0.1) is 5.92 Å². The van der Waals surface area contributed by atoms with Crippen molar-refractivity contribution in [1.29, 1.82) is 0 Å². The standard InChI is InChI=1S/C16H22ClN3O3.C4H10/c1-16(5-2-6-20(16)14(22)10-21)15(23)19-9-12-7-13(17)4-3-11(12)8-18;1-4(2)3/h3-4,7,21H,2,5-6,8-10,18H2,1H3,(H,19,23);4H,1-3H3/t16-;/m0./s1. The van der Waals surface area contributed by atoms with Gasteiger partial charge in [-0.15, -0.1) is 0 Å². The highest BCUT2D eigenvalue weighted by atomic mass is 35.5. The Balaban J connectivity index is 0.000000828. The number of carbonyl (C=O) groups is 2. The first-order valence-corrected chi connectivity index (χ1v) is 9.70. The summed E-state index contributed by atoms with van der Waals surface area (Å²) in [6.45, 7) is 8.77. The van der Waals surface area contributed by atoms with E-state index in [2.05, 4.69) is 26.1 Å². The molecule has 0 unspecified atom stereocenters. The smallest absolute Gasteiger partial charge is 0.249 e. The monoisotopic (exact) mass is 397 g/mol. The number of nitrogens with one attached hydrogen (secondary N) is 1. The number of aliphatic hydroxyl groups is 1. The van der Waals surface area contributed by atoms with Crippen molar-refractivity contribution in [1.82, 2.24) is 10.2 Å². The number of halogens is 1. The zero-order valence-electron chi connectivity index (χ0n) is 16.7. The minimum absolute atomic E-state index is 0.236. The molecule has 152 valence electrons. The van der Waals surface area contributed by atoms with Gasteiger partial charge in [0.05, 0.1) is 0 Å². The van der Waals surface area contributed by atoms with Gasteiger partial charge in [0.15, 0.2) is 0 Å². The molecule has 6 nitrogen and oxygen atoms in total. The average molecular weight is 398 g/mol. The van der Waals surface area contributed by atoms with Crippen molar-refractivity contribution in [2.24, 2.45) is 11.7 Å². The summed E-state index contributed by atoms with van der Waals surface area (Å²) in [6, 6.07) is 5.37. The van der Waals surface area contributed by atoms with Crippen LogP contribution in [0.3, 0.4) is 0 Å². The molecule has 1 aliphatic heterocycles. The molecular formula is C20H32ClN3O3. The summed E-state index contributed by atoms with van der Waals surface area (Å²) in [5.74, 6) is 0.172. The Morgan fingerprint density at radius 2 is 1.96 bits per heavy atom. The fraction of sp³-hybridized carbons (Fsp3) is 0.600. The van der Waals surface area contributed by atoms with E-state index in [0.717, 1.165) is 23.5 Å². The number of hydrogen-bond donors (Lipinski definition) is 3. The van der Waals surface area contributed by atoms with Crippen LogP contribution in [0.5, 0.6) is 0 Å². The summed E-state index contributed by atoms with van der Waals surface area (Å²) in [5.41, 5.74) is 6.54. The topological polar surface area (TPSA) is 95.7 Å². The van der Waals surface area contributed by atoms with Crippen molar-refractivity contribution in [2.75, 3.05) is 13.2 Å². The number of nitrogens with two attached hydrogens (primary N) is 1. The largest absolute Gasteiger partial charge is 0.387 e. The first-order valence-electron chi connectivity index (χ1n) is 9.32. The second-order valence-electron chi connectivity index (χ2n) is 7.61. The molecule has 27 heavy (non-hydrogen) atoms. The van der Waals surface area contributed by atoms with Crippen LogP contribution >= 0.6 is 11.6 Å². The van der Waals surface area contributed by atoms with E-state index >= 15 is 0 Å². The van der Waals surface area contributed by atoms with Gasteiger partial charge in [0.2, 0.25) is 11.8 Å². The van der Waals surface area contributed by atoms with Crippen LogP contribution in [0.1, 0.15) is 51.7 Å². The van der Waals surface area contributed by atoms with Gasteiger partial charge in [-0.25, -0.2) is 0 Å². The molecule has 2 rings (SSSR count). The Morgan fingerprint density at radius 1 is 1.33 bits per heavy atom. The Kier molecular flexibility index (Phi) is 9.22. The van der Waals surface area contributed by atoms with Gasteiger partial charge in [-0.3, -0.25) is 9.59 Å². The van der Waals surface area contributed by atoms with Crippen LogP contribution in [-0.2, 0) is 22.7 Å². The Hall–Kier alpha value is -1.63. The summed E-state index contributed by atoms with van der Waals surface area (Å²) >= 11 is 5.99. The lowest BCUT2D eigenvalue weighted by molar-refractivity contribution is -0.146. The van der Waals surface area contributed by atoms with E-state index in [1.54, 1.807) is 19.1 Å². The molecule has 1 aromatic rings. The SMILES string of the molecule is CC(C)C.C[C@@]1(C(=O)NCc2cc(Cl)ccc2CN)CCCN1C(=O)CO. The maximum atomic E-state index is 12.6. The number of hydrogen-bond acceptors (Lipinski definition) is 4. The number of likely N-dealkylation sites (tertiary alicyclic amines) is 1. The van der Waals surface area contributed by atoms with E-state index in [4.69, 9.17) is 22.4 Å². The number of amides is 2. The molecule has 1 saturated heterocycles. The third-order valence-electron chi connectivity index (χ3n) is 4.39. The van der Waals surface area contributed by atoms with Crippen LogP contribution in [-0.4, -0.2) is 40.5 Å². The van der Waals surface area contributed by atoms with Gasteiger partial charge < -0.3 is 21.1 Å². The summed E-state index contributed by atoms with van der Waals surface area (Å²) in [4.78, 5) is 25.9. The van der Waals surface area contributed by atoms with Crippen LogP contribution < -0.4 is 11.1 Å². The normalized spacial score (nSPS) is 18.9. The third-order valence-corrected chi connectivity index (χ3v) is 4.63. The lowest BCUT2D eigenvalue weighted by atomic mass is 9.97. The number of aliphatic hydroxyl groups excluding tert-OH is 1. The van der Waals surface area contributed by atoms with E-state index in [1.807, 2.05) is 6.07 Å². The second kappa shape index (κ2) is 10.6. The van der Waals surface area contributed by atoms with E-state index < -0.39 is 18.1 Å². The molecule has 7 heteroatoms. The van der Waals surface area contributed by atoms with Gasteiger partial charge in [-0.1, -0.05) is 38.4 Å². The maximum Gasteiger partial charge on any atom is 0.249 e. The van der Waals surface area contributed by atoms with Gasteiger partial charge in [0.1, 0.15) is 12.1 Å². The molecule has 0 spiro atoms. The number of rotatable bonds is 5. The first-order chi connectivity index (χ1) is 12.7. The predicted octanol–water partition coefficient (Wildman–Crippen LogP) is 2.45. The van der Waals surface area contributed by atoms with Crippen molar-refractivity contribution in [3.63, 3.8) is 0 Å². The predicted molar refractivity (Wildman–Crippen MR) is 108 cm³/mol. The highest BCUT2D eigenvalue weighted by Gasteiger charge is 2.45. The van der Waals surface area contributed by atoms with Crippen molar-refractivity contribution in [3.8, 4) is 0 Å². The zero-order chi connectivity index (χ0) is 20.6. The second-order valence-corrected chi connectivity index (χ2v) is 8.05. The molecule has 0 bridgehead atoms. The zero-order valence-corrected chi connectivity index (χ0v) is 17.5. The lowest BCUT2D eigenvalue weighted by Crippen LogP contribution is -2.55. The molecule has 1 heterocycles. The van der Waals surface area contributed by atoms with E-state index in [9.17, 15) is 9.59 Å². The lowest BCUT2D eigenvalue weighted by Gasteiger charge is -2.33. The van der Waals surface area contributed by atoms with Crippen molar-refractivity contribution in [2.45, 2.75) is 59.2 Å². The number of benzene rings is 1. The van der Waals surface area contributed by atoms with Crippen LogP contribution in [0.2, 0.25) is 5.02 Å². The molecular weight excluding hydrogens is 366 g/mol. The van der Waals surface area contributed by atoms with Gasteiger partial charge in [0, 0.05) is 24.7 Å². The molecule has 0 saturated carbocycles. The molecule has 1 atom stereocenters. The van der Waals surface area contributed by atoms with Crippen LogP contribution in [0.25, 0.3) is 0 Å². The minimum atomic E-state index is -0.929. The van der Waals surface area contributed by atoms with Crippen molar-refractivity contribution >= 4 is 23.4 Å². The summed E-state index contributed by atoms with van der Waals surface area (Å²) in [7, 11) is 0. The third kappa shape index (κ3) is 6.48. The summed E-state index contributed by atoms with van der Waals surface area (Å²) in [6.07, 6.45) is 1.31. The summed E-state index contributed by atoms with van der Waals surface area (Å²) < 4.78 is 0. The highest BCUT2D eigenvalue weighted by Crippen LogP contribution is 2.29. The Labute approximate surface area is 167 Å². The fourth-order valence-electron chi connectivity index (χ4n) is 3.01. The molecule has 1 aliphatic rings. The van der Waals surface area contributed by atoms with Gasteiger partial charge in [-0.05, 0) is 48.9 Å². The summed E-state index contributed by atoms with van der Waals surface area (Å²) in [5, 5.41) is 12.5. The molecule has 0 radical (unpaired) electrons. The molecule has 1 fully saturated rings. The number of nitrogens with zero attached hydrogens (tertiary/aromatic N) is 1.